The number of rotatable bonds is 5. The van der Waals surface area contributed by atoms with Crippen LogP contribution >= 0.6 is 11.6 Å². The molecule has 5 N–H and O–H groups in total. The minimum Gasteiger partial charge on any atom is -0.381 e. The van der Waals surface area contributed by atoms with E-state index in [1.165, 1.54) is 6.07 Å². The molecule has 0 spiro atoms. The number of amides is 2. The molecule has 2 amide bonds. The molecule has 0 aliphatic carbocycles. The lowest BCUT2D eigenvalue weighted by atomic mass is 10.1. The van der Waals surface area contributed by atoms with E-state index >= 15 is 0 Å². The van der Waals surface area contributed by atoms with E-state index in [-0.39, 0.29) is 11.1 Å². The number of carbonyl (C=O) groups excluding carboxylic acids is 2. The Kier molecular flexibility index (Phi) is 4.45. The van der Waals surface area contributed by atoms with Crippen molar-refractivity contribution in [1.29, 1.82) is 0 Å². The standard InChI is InChI=1S/C15H14ClN3O2/c16-12-3-1-9(2-4-12)8-19-13-6-10(14(17)20)5-11(7-13)15(18)21/h1-7,19H,8H2,(H2,17,20)(H2,18,21). The van der Waals surface area contributed by atoms with Gasteiger partial charge in [-0.15, -0.1) is 0 Å². The number of anilines is 1. The number of halogens is 1. The Morgan fingerprint density at radius 2 is 1.48 bits per heavy atom. The molecule has 0 saturated heterocycles. The van der Waals surface area contributed by atoms with Crippen LogP contribution in [0.3, 0.4) is 0 Å². The van der Waals surface area contributed by atoms with Gasteiger partial charge in [-0.25, -0.2) is 0 Å². The second-order valence-electron chi connectivity index (χ2n) is 4.51. The van der Waals surface area contributed by atoms with Crippen LogP contribution in [0.25, 0.3) is 0 Å². The maximum absolute atomic E-state index is 11.3. The van der Waals surface area contributed by atoms with E-state index in [9.17, 15) is 9.59 Å². The molecule has 0 aliphatic rings. The number of nitrogens with one attached hydrogen (secondary N) is 1. The molecule has 5 nitrogen and oxygen atoms in total. The summed E-state index contributed by atoms with van der Waals surface area (Å²) in [5, 5.41) is 3.77. The smallest absolute Gasteiger partial charge is 0.248 e. The van der Waals surface area contributed by atoms with Crippen molar-refractivity contribution < 1.29 is 9.59 Å². The van der Waals surface area contributed by atoms with Crippen molar-refractivity contribution in [2.24, 2.45) is 11.5 Å². The van der Waals surface area contributed by atoms with E-state index < -0.39 is 11.8 Å². The van der Waals surface area contributed by atoms with Gasteiger partial charge in [0.2, 0.25) is 11.8 Å². The van der Waals surface area contributed by atoms with Gasteiger partial charge in [0.15, 0.2) is 0 Å². The van der Waals surface area contributed by atoms with Gasteiger partial charge < -0.3 is 16.8 Å². The van der Waals surface area contributed by atoms with Gasteiger partial charge in [0.1, 0.15) is 0 Å². The Morgan fingerprint density at radius 1 is 0.952 bits per heavy atom. The van der Waals surface area contributed by atoms with E-state index in [0.717, 1.165) is 5.56 Å². The summed E-state index contributed by atoms with van der Waals surface area (Å²) in [6, 6.07) is 11.8. The molecular formula is C15H14ClN3O2. The van der Waals surface area contributed by atoms with E-state index in [4.69, 9.17) is 23.1 Å². The van der Waals surface area contributed by atoms with Crippen LogP contribution in [-0.4, -0.2) is 11.8 Å². The number of hydrogen-bond acceptors (Lipinski definition) is 3. The molecular weight excluding hydrogens is 290 g/mol. The van der Waals surface area contributed by atoms with Crippen LogP contribution in [0.2, 0.25) is 5.02 Å². The Morgan fingerprint density at radius 3 is 1.95 bits per heavy atom. The Bertz CT molecular complexity index is 652. The van der Waals surface area contributed by atoms with Crippen LogP contribution < -0.4 is 16.8 Å². The molecule has 2 aromatic rings. The molecule has 0 radical (unpaired) electrons. The van der Waals surface area contributed by atoms with Crippen LogP contribution in [0.5, 0.6) is 0 Å². The van der Waals surface area contributed by atoms with E-state index in [1.807, 2.05) is 12.1 Å². The van der Waals surface area contributed by atoms with E-state index in [1.54, 1.807) is 24.3 Å². The topological polar surface area (TPSA) is 98.2 Å². The Hall–Kier alpha value is -2.53. The number of benzene rings is 2. The summed E-state index contributed by atoms with van der Waals surface area (Å²) >= 11 is 5.82. The number of hydrogen-bond donors (Lipinski definition) is 3. The lowest BCUT2D eigenvalue weighted by Crippen LogP contribution is -2.16. The summed E-state index contributed by atoms with van der Waals surface area (Å²) in [6.45, 7) is 0.511. The molecule has 0 saturated carbocycles. The van der Waals surface area contributed by atoms with Gasteiger partial charge in [-0.05, 0) is 35.9 Å². The lowest BCUT2D eigenvalue weighted by Gasteiger charge is -2.09. The highest BCUT2D eigenvalue weighted by Gasteiger charge is 2.09. The Balaban J connectivity index is 2.20. The van der Waals surface area contributed by atoms with Crippen molar-refractivity contribution in [2.75, 3.05) is 5.32 Å². The van der Waals surface area contributed by atoms with Gasteiger partial charge in [0.05, 0.1) is 0 Å². The summed E-state index contributed by atoms with van der Waals surface area (Å²) in [4.78, 5) is 22.5. The highest BCUT2D eigenvalue weighted by Crippen LogP contribution is 2.17. The first kappa shape index (κ1) is 14.9. The van der Waals surface area contributed by atoms with Crippen LogP contribution in [-0.2, 0) is 6.54 Å². The van der Waals surface area contributed by atoms with Crippen LogP contribution in [0.4, 0.5) is 5.69 Å². The first-order valence-corrected chi connectivity index (χ1v) is 6.56. The third kappa shape index (κ3) is 3.97. The van der Waals surface area contributed by atoms with Crippen molar-refractivity contribution in [1.82, 2.24) is 0 Å². The summed E-state index contributed by atoms with van der Waals surface area (Å²) in [5.74, 6) is -1.24. The predicted octanol–water partition coefficient (Wildman–Crippen LogP) is 2.15. The predicted molar refractivity (Wildman–Crippen MR) is 82.3 cm³/mol. The van der Waals surface area contributed by atoms with Crippen molar-refractivity contribution in [2.45, 2.75) is 6.54 Å². The van der Waals surface area contributed by atoms with Gasteiger partial charge in [-0.2, -0.15) is 0 Å². The summed E-state index contributed by atoms with van der Waals surface area (Å²) < 4.78 is 0. The maximum Gasteiger partial charge on any atom is 0.248 e. The highest BCUT2D eigenvalue weighted by atomic mass is 35.5. The van der Waals surface area contributed by atoms with Gasteiger partial charge in [0, 0.05) is 28.4 Å². The zero-order chi connectivity index (χ0) is 15.4. The third-order valence-corrected chi connectivity index (χ3v) is 3.16. The second-order valence-corrected chi connectivity index (χ2v) is 4.94. The minimum absolute atomic E-state index is 0.227. The fourth-order valence-corrected chi connectivity index (χ4v) is 1.95. The van der Waals surface area contributed by atoms with Gasteiger partial charge in [-0.1, -0.05) is 23.7 Å². The SMILES string of the molecule is NC(=O)c1cc(NCc2ccc(Cl)cc2)cc(C(N)=O)c1. The molecule has 0 atom stereocenters. The first-order chi connectivity index (χ1) is 9.95. The summed E-state index contributed by atoms with van der Waals surface area (Å²) in [6.07, 6.45) is 0. The highest BCUT2D eigenvalue weighted by molar-refractivity contribution is 6.30. The first-order valence-electron chi connectivity index (χ1n) is 6.19. The van der Waals surface area contributed by atoms with Crippen molar-refractivity contribution in [3.05, 3.63) is 64.2 Å². The molecule has 21 heavy (non-hydrogen) atoms. The van der Waals surface area contributed by atoms with Crippen LogP contribution in [0, 0.1) is 0 Å². The van der Waals surface area contributed by atoms with Crippen molar-refractivity contribution in [3.63, 3.8) is 0 Å². The molecule has 0 fully saturated rings. The third-order valence-electron chi connectivity index (χ3n) is 2.91. The van der Waals surface area contributed by atoms with Gasteiger partial charge in [-0.3, -0.25) is 9.59 Å². The average molecular weight is 304 g/mol. The molecule has 0 unspecified atom stereocenters. The number of primary amides is 2. The monoisotopic (exact) mass is 303 g/mol. The largest absolute Gasteiger partial charge is 0.381 e. The summed E-state index contributed by atoms with van der Waals surface area (Å²) in [5.41, 5.74) is 12.5. The molecule has 0 bridgehead atoms. The lowest BCUT2D eigenvalue weighted by molar-refractivity contribution is 0.0999. The van der Waals surface area contributed by atoms with E-state index in [0.29, 0.717) is 17.3 Å². The molecule has 2 aromatic carbocycles. The molecule has 0 aliphatic heterocycles. The molecule has 6 heteroatoms. The number of carbonyl (C=O) groups is 2. The summed E-state index contributed by atoms with van der Waals surface area (Å²) in [7, 11) is 0. The van der Waals surface area contributed by atoms with E-state index in [2.05, 4.69) is 5.32 Å². The molecule has 0 heterocycles. The maximum atomic E-state index is 11.3. The van der Waals surface area contributed by atoms with Crippen LogP contribution in [0.1, 0.15) is 26.3 Å². The zero-order valence-electron chi connectivity index (χ0n) is 11.1. The quantitative estimate of drug-likeness (QED) is 0.789. The Labute approximate surface area is 126 Å². The van der Waals surface area contributed by atoms with Gasteiger partial charge >= 0.3 is 0 Å². The van der Waals surface area contributed by atoms with Crippen molar-refractivity contribution >= 4 is 29.1 Å². The van der Waals surface area contributed by atoms with Crippen molar-refractivity contribution in [3.8, 4) is 0 Å². The normalized spacial score (nSPS) is 10.1. The zero-order valence-corrected chi connectivity index (χ0v) is 11.9. The van der Waals surface area contributed by atoms with Gasteiger partial charge in [0.25, 0.3) is 0 Å². The molecule has 2 rings (SSSR count). The molecule has 108 valence electrons. The molecule has 0 aromatic heterocycles. The minimum atomic E-state index is -0.618. The average Bonchev–Trinajstić information content (AvgIpc) is 2.46. The second kappa shape index (κ2) is 6.28. The fourth-order valence-electron chi connectivity index (χ4n) is 1.82. The number of nitrogens with two attached hydrogens (primary N) is 2. The van der Waals surface area contributed by atoms with Crippen LogP contribution in [0.15, 0.2) is 42.5 Å². The fraction of sp³-hybridized carbons (Fsp3) is 0.0667.